The van der Waals surface area contributed by atoms with Gasteiger partial charge in [-0.1, -0.05) is 6.42 Å². The fourth-order valence-corrected chi connectivity index (χ4v) is 2.61. The number of aliphatic carboxylic acids is 1. The summed E-state index contributed by atoms with van der Waals surface area (Å²) in [7, 11) is 0. The van der Waals surface area contributed by atoms with E-state index < -0.39 is 5.97 Å². The Bertz CT molecular complexity index is 205. The predicted octanol–water partition coefficient (Wildman–Crippen LogP) is 1.34. The molecule has 2 rings (SSSR count). The van der Waals surface area contributed by atoms with Gasteiger partial charge in [-0.15, -0.1) is 0 Å². The van der Waals surface area contributed by atoms with E-state index in [4.69, 9.17) is 5.11 Å². The van der Waals surface area contributed by atoms with Crippen LogP contribution in [0.2, 0.25) is 0 Å². The molecule has 3 heteroatoms. The van der Waals surface area contributed by atoms with Gasteiger partial charge >= 0.3 is 5.97 Å². The molecule has 0 aromatic carbocycles. The van der Waals surface area contributed by atoms with E-state index in [0.29, 0.717) is 6.04 Å². The minimum atomic E-state index is -0.592. The molecule has 0 aromatic rings. The van der Waals surface area contributed by atoms with Crippen LogP contribution in [-0.4, -0.2) is 35.1 Å². The lowest BCUT2D eigenvalue weighted by Crippen LogP contribution is -2.46. The second kappa shape index (κ2) is 3.66. The van der Waals surface area contributed by atoms with E-state index in [-0.39, 0.29) is 5.92 Å². The van der Waals surface area contributed by atoms with Crippen molar-refractivity contribution in [3.8, 4) is 0 Å². The lowest BCUT2D eigenvalue weighted by molar-refractivity contribution is -0.144. The number of carboxylic acids is 1. The third kappa shape index (κ3) is 1.85. The van der Waals surface area contributed by atoms with Crippen molar-refractivity contribution >= 4 is 5.97 Å². The highest BCUT2D eigenvalue weighted by Crippen LogP contribution is 2.29. The molecule has 0 radical (unpaired) electrons. The molecule has 0 saturated carbocycles. The van der Waals surface area contributed by atoms with Crippen LogP contribution in [0.15, 0.2) is 0 Å². The van der Waals surface area contributed by atoms with Gasteiger partial charge < -0.3 is 10.0 Å². The minimum Gasteiger partial charge on any atom is -0.481 e. The predicted molar refractivity (Wildman–Crippen MR) is 49.6 cm³/mol. The van der Waals surface area contributed by atoms with Gasteiger partial charge in [-0.25, -0.2) is 0 Å². The maximum Gasteiger partial charge on any atom is 0.306 e. The largest absolute Gasteiger partial charge is 0.481 e. The summed E-state index contributed by atoms with van der Waals surface area (Å²) in [6, 6.07) is 0.573. The zero-order chi connectivity index (χ0) is 9.26. The summed E-state index contributed by atoms with van der Waals surface area (Å²) in [5.74, 6) is -0.662. The number of piperidine rings is 2. The zero-order valence-corrected chi connectivity index (χ0v) is 7.91. The number of nitrogens with zero attached hydrogens (tertiary/aromatic N) is 1. The molecule has 74 valence electrons. The highest BCUT2D eigenvalue weighted by Gasteiger charge is 2.32. The average molecular weight is 183 g/mol. The van der Waals surface area contributed by atoms with Gasteiger partial charge in [-0.3, -0.25) is 4.79 Å². The van der Waals surface area contributed by atoms with Crippen molar-refractivity contribution in [2.75, 3.05) is 13.1 Å². The van der Waals surface area contributed by atoms with Gasteiger partial charge in [0.15, 0.2) is 0 Å². The first-order chi connectivity index (χ1) is 6.27. The van der Waals surface area contributed by atoms with Crippen LogP contribution in [0, 0.1) is 5.92 Å². The van der Waals surface area contributed by atoms with Gasteiger partial charge in [0.1, 0.15) is 0 Å². The molecule has 0 bridgehead atoms. The second-order valence-corrected chi connectivity index (χ2v) is 4.25. The first-order valence-electron chi connectivity index (χ1n) is 5.24. The Hall–Kier alpha value is -0.570. The fourth-order valence-electron chi connectivity index (χ4n) is 2.61. The smallest absolute Gasteiger partial charge is 0.306 e. The van der Waals surface area contributed by atoms with Crippen molar-refractivity contribution in [3.05, 3.63) is 0 Å². The molecule has 1 unspecified atom stereocenters. The van der Waals surface area contributed by atoms with Crippen LogP contribution >= 0.6 is 0 Å². The van der Waals surface area contributed by atoms with Gasteiger partial charge in [0, 0.05) is 6.04 Å². The number of carbonyl (C=O) groups is 1. The molecule has 0 aromatic heterocycles. The van der Waals surface area contributed by atoms with Crippen molar-refractivity contribution in [1.29, 1.82) is 0 Å². The number of hydrogen-bond donors (Lipinski definition) is 1. The summed E-state index contributed by atoms with van der Waals surface area (Å²) in [4.78, 5) is 13.3. The van der Waals surface area contributed by atoms with E-state index in [1.54, 1.807) is 0 Å². The van der Waals surface area contributed by atoms with E-state index in [9.17, 15) is 4.79 Å². The van der Waals surface area contributed by atoms with Crippen LogP contribution in [-0.2, 0) is 4.79 Å². The second-order valence-electron chi connectivity index (χ2n) is 4.25. The molecule has 1 N–H and O–H groups in total. The van der Waals surface area contributed by atoms with Gasteiger partial charge in [0.2, 0.25) is 0 Å². The van der Waals surface area contributed by atoms with Crippen LogP contribution < -0.4 is 0 Å². The molecule has 13 heavy (non-hydrogen) atoms. The summed E-state index contributed by atoms with van der Waals surface area (Å²) in [5.41, 5.74) is 0. The zero-order valence-electron chi connectivity index (χ0n) is 7.91. The molecule has 0 aliphatic carbocycles. The molecule has 2 aliphatic rings. The van der Waals surface area contributed by atoms with Gasteiger partial charge in [0.05, 0.1) is 5.92 Å². The van der Waals surface area contributed by atoms with Crippen molar-refractivity contribution < 1.29 is 9.90 Å². The van der Waals surface area contributed by atoms with Gasteiger partial charge in [-0.2, -0.15) is 0 Å². The maximum atomic E-state index is 10.8. The average Bonchev–Trinajstić information content (AvgIpc) is 2.17. The Balaban J connectivity index is 1.95. The third-order valence-corrected chi connectivity index (χ3v) is 3.42. The van der Waals surface area contributed by atoms with Gasteiger partial charge in [-0.05, 0) is 38.8 Å². The van der Waals surface area contributed by atoms with E-state index in [1.165, 1.54) is 25.8 Å². The van der Waals surface area contributed by atoms with Crippen molar-refractivity contribution in [1.82, 2.24) is 4.90 Å². The molecule has 0 amide bonds. The lowest BCUT2D eigenvalue weighted by Gasteiger charge is -2.41. The molecule has 2 atom stereocenters. The fraction of sp³-hybridized carbons (Fsp3) is 0.900. The van der Waals surface area contributed by atoms with Crippen molar-refractivity contribution in [2.45, 2.75) is 38.1 Å². The molecular formula is C10H17NO2. The summed E-state index contributed by atoms with van der Waals surface area (Å²) in [6.07, 6.45) is 5.53. The van der Waals surface area contributed by atoms with Gasteiger partial charge in [0.25, 0.3) is 0 Å². The number of fused-ring (bicyclic) bond motifs is 1. The standard InChI is InChI=1S/C10H17NO2/c12-10(13)8-4-6-11-5-2-1-3-9(11)7-8/h8-9H,1-7H2,(H,12,13)/t8-,9?/m0/s1. The molecule has 2 fully saturated rings. The first-order valence-corrected chi connectivity index (χ1v) is 5.24. The Morgan fingerprint density at radius 2 is 2.08 bits per heavy atom. The highest BCUT2D eigenvalue weighted by atomic mass is 16.4. The first kappa shape index (κ1) is 9.00. The van der Waals surface area contributed by atoms with Crippen LogP contribution in [0.4, 0.5) is 0 Å². The quantitative estimate of drug-likeness (QED) is 0.666. The SMILES string of the molecule is O=C(O)[C@H]1CCN2CCCCC2C1. The lowest BCUT2D eigenvalue weighted by atomic mass is 9.86. The summed E-state index contributed by atoms with van der Waals surface area (Å²) < 4.78 is 0. The molecule has 0 spiro atoms. The van der Waals surface area contributed by atoms with E-state index in [1.807, 2.05) is 0 Å². The number of carboxylic acid groups (broad SMARTS) is 1. The Labute approximate surface area is 78.7 Å². The van der Waals surface area contributed by atoms with Crippen LogP contribution in [0.1, 0.15) is 32.1 Å². The maximum absolute atomic E-state index is 10.8. The Kier molecular flexibility index (Phi) is 2.54. The van der Waals surface area contributed by atoms with Crippen molar-refractivity contribution in [2.24, 2.45) is 5.92 Å². The molecular weight excluding hydrogens is 166 g/mol. The molecule has 2 heterocycles. The minimum absolute atomic E-state index is 0.0700. The highest BCUT2D eigenvalue weighted by molar-refractivity contribution is 5.70. The summed E-state index contributed by atoms with van der Waals surface area (Å²) in [5, 5.41) is 8.91. The van der Waals surface area contributed by atoms with Crippen LogP contribution in [0.5, 0.6) is 0 Å². The summed E-state index contributed by atoms with van der Waals surface area (Å²) >= 11 is 0. The van der Waals surface area contributed by atoms with E-state index in [0.717, 1.165) is 19.4 Å². The third-order valence-electron chi connectivity index (χ3n) is 3.42. The molecule has 2 saturated heterocycles. The molecule has 2 aliphatic heterocycles. The van der Waals surface area contributed by atoms with Crippen LogP contribution in [0.25, 0.3) is 0 Å². The van der Waals surface area contributed by atoms with Crippen LogP contribution in [0.3, 0.4) is 0 Å². The normalized spacial score (nSPS) is 35.4. The topological polar surface area (TPSA) is 40.5 Å². The monoisotopic (exact) mass is 183 g/mol. The number of hydrogen-bond acceptors (Lipinski definition) is 2. The summed E-state index contributed by atoms with van der Waals surface area (Å²) in [6.45, 7) is 2.19. The Morgan fingerprint density at radius 1 is 1.23 bits per heavy atom. The van der Waals surface area contributed by atoms with Crippen molar-refractivity contribution in [3.63, 3.8) is 0 Å². The van der Waals surface area contributed by atoms with E-state index >= 15 is 0 Å². The number of rotatable bonds is 1. The molecule has 3 nitrogen and oxygen atoms in total. The Morgan fingerprint density at radius 3 is 2.85 bits per heavy atom. The van der Waals surface area contributed by atoms with E-state index in [2.05, 4.69) is 4.90 Å².